The van der Waals surface area contributed by atoms with Gasteiger partial charge in [0.05, 0.1) is 19.8 Å². The van der Waals surface area contributed by atoms with Gasteiger partial charge in [-0.05, 0) is 60.8 Å². The molecule has 0 rings (SSSR count). The van der Waals surface area contributed by atoms with Crippen molar-refractivity contribution in [1.82, 2.24) is 10.6 Å². The lowest BCUT2D eigenvalue weighted by Gasteiger charge is -2.24. The molecule has 0 saturated heterocycles. The molecule has 0 saturated carbocycles. The quantitative estimate of drug-likeness (QED) is 0.0563. The number of nitrogens with one attached hydrogen (secondary N) is 2. The molecule has 0 unspecified atom stereocenters. The summed E-state index contributed by atoms with van der Waals surface area (Å²) >= 11 is 0. The SMILES string of the molecule is CC(C)(C)OC(=O)CCCCCCCCCCCCCCCCC(=O)N[C@@H](CCC(=O)NCCOCCOCC(=O)O)C(=O)OC(C)(C)C. The van der Waals surface area contributed by atoms with Gasteiger partial charge in [0, 0.05) is 25.8 Å². The minimum Gasteiger partial charge on any atom is -0.480 e. The van der Waals surface area contributed by atoms with E-state index >= 15 is 0 Å². The average molecular weight is 701 g/mol. The molecule has 2 amide bonds. The Morgan fingerprint density at radius 3 is 1.53 bits per heavy atom. The minimum atomic E-state index is -1.05. The van der Waals surface area contributed by atoms with E-state index in [4.69, 9.17) is 24.1 Å². The van der Waals surface area contributed by atoms with Gasteiger partial charge in [0.25, 0.3) is 0 Å². The summed E-state index contributed by atoms with van der Waals surface area (Å²) < 4.78 is 21.0. The van der Waals surface area contributed by atoms with Crippen molar-refractivity contribution in [1.29, 1.82) is 0 Å². The van der Waals surface area contributed by atoms with Crippen molar-refractivity contribution in [2.45, 2.75) is 174 Å². The van der Waals surface area contributed by atoms with Crippen LogP contribution >= 0.6 is 0 Å². The predicted molar refractivity (Wildman–Crippen MR) is 189 cm³/mol. The van der Waals surface area contributed by atoms with E-state index in [-0.39, 0.29) is 63.6 Å². The number of ether oxygens (including phenoxy) is 4. The summed E-state index contributed by atoms with van der Waals surface area (Å²) in [6.45, 7) is 11.4. The van der Waals surface area contributed by atoms with Gasteiger partial charge in [-0.3, -0.25) is 14.4 Å². The highest BCUT2D eigenvalue weighted by Gasteiger charge is 2.27. The van der Waals surface area contributed by atoms with Gasteiger partial charge in [0.1, 0.15) is 23.9 Å². The fraction of sp³-hybridized carbons (Fsp3) is 0.865. The molecule has 286 valence electrons. The maximum atomic E-state index is 12.8. The highest BCUT2D eigenvalue weighted by Crippen LogP contribution is 2.16. The van der Waals surface area contributed by atoms with E-state index in [1.165, 1.54) is 51.4 Å². The number of unbranched alkanes of at least 4 members (excludes halogenated alkanes) is 13. The van der Waals surface area contributed by atoms with Crippen LogP contribution in [0.25, 0.3) is 0 Å². The number of aliphatic carboxylic acids is 1. The fourth-order valence-electron chi connectivity index (χ4n) is 4.96. The zero-order valence-corrected chi connectivity index (χ0v) is 31.5. The lowest BCUT2D eigenvalue weighted by molar-refractivity contribution is -0.159. The van der Waals surface area contributed by atoms with Crippen molar-refractivity contribution < 1.29 is 48.0 Å². The zero-order chi connectivity index (χ0) is 37.0. The molecule has 0 heterocycles. The van der Waals surface area contributed by atoms with Crippen LogP contribution in [0.4, 0.5) is 0 Å². The first-order chi connectivity index (χ1) is 23.1. The molecule has 49 heavy (non-hydrogen) atoms. The van der Waals surface area contributed by atoms with E-state index in [1.807, 2.05) is 20.8 Å². The number of carboxylic acids is 1. The molecule has 12 heteroatoms. The van der Waals surface area contributed by atoms with Crippen LogP contribution in [0.2, 0.25) is 0 Å². The Kier molecular flexibility index (Phi) is 26.5. The molecule has 0 radical (unpaired) electrons. The van der Waals surface area contributed by atoms with Gasteiger partial charge in [-0.25, -0.2) is 9.59 Å². The summed E-state index contributed by atoms with van der Waals surface area (Å²) in [5.41, 5.74) is -1.12. The largest absolute Gasteiger partial charge is 0.480 e. The Labute approximate surface area is 295 Å². The third kappa shape index (κ3) is 33.5. The lowest BCUT2D eigenvalue weighted by Crippen LogP contribution is -2.44. The number of amides is 2. The van der Waals surface area contributed by atoms with Crippen molar-refractivity contribution >= 4 is 29.7 Å². The van der Waals surface area contributed by atoms with Crippen LogP contribution in [-0.2, 0) is 42.9 Å². The van der Waals surface area contributed by atoms with E-state index in [2.05, 4.69) is 10.6 Å². The highest BCUT2D eigenvalue weighted by molar-refractivity contribution is 5.85. The first-order valence-electron chi connectivity index (χ1n) is 18.5. The molecule has 0 aliphatic carbocycles. The molecule has 1 atom stereocenters. The maximum Gasteiger partial charge on any atom is 0.329 e. The Balaban J connectivity index is 4.00. The Morgan fingerprint density at radius 1 is 0.571 bits per heavy atom. The normalized spacial score (nSPS) is 12.3. The third-order valence-electron chi connectivity index (χ3n) is 7.31. The molecule has 12 nitrogen and oxygen atoms in total. The van der Waals surface area contributed by atoms with Gasteiger partial charge in [-0.2, -0.15) is 0 Å². The molecule has 0 aromatic heterocycles. The second-order valence-corrected chi connectivity index (χ2v) is 14.6. The third-order valence-corrected chi connectivity index (χ3v) is 7.31. The minimum absolute atomic E-state index is 0.0310. The number of esters is 2. The van der Waals surface area contributed by atoms with E-state index < -0.39 is 29.2 Å². The number of hydrogen-bond donors (Lipinski definition) is 3. The van der Waals surface area contributed by atoms with Crippen molar-refractivity contribution in [3.05, 3.63) is 0 Å². The Hall–Kier alpha value is -2.73. The molecule has 0 bridgehead atoms. The van der Waals surface area contributed by atoms with Gasteiger partial charge in [-0.15, -0.1) is 0 Å². The summed E-state index contributed by atoms with van der Waals surface area (Å²) in [7, 11) is 0. The monoisotopic (exact) mass is 700 g/mol. The van der Waals surface area contributed by atoms with Gasteiger partial charge < -0.3 is 34.7 Å². The Morgan fingerprint density at radius 2 is 1.04 bits per heavy atom. The standard InChI is InChI=1S/C37H68N2O10/c1-36(2,3)48-34(44)22-20-18-16-14-12-10-8-7-9-11-13-15-17-19-21-32(41)39-30(35(45)49-37(4,5)6)23-24-31(40)38-25-26-46-27-28-47-29-33(42)43/h30H,7-29H2,1-6H3,(H,38,40)(H,39,41)(H,42,43)/t30-/m0/s1. The fourth-order valence-corrected chi connectivity index (χ4v) is 4.96. The first kappa shape index (κ1) is 46.3. The van der Waals surface area contributed by atoms with Crippen LogP contribution in [0.1, 0.15) is 157 Å². The molecular weight excluding hydrogens is 632 g/mol. The van der Waals surface area contributed by atoms with Crippen LogP contribution in [0.15, 0.2) is 0 Å². The predicted octanol–water partition coefficient (Wildman–Crippen LogP) is 6.41. The number of hydrogen-bond acceptors (Lipinski definition) is 9. The van der Waals surface area contributed by atoms with Crippen LogP contribution in [0, 0.1) is 0 Å². The topological polar surface area (TPSA) is 167 Å². The molecule has 0 aromatic rings. The molecule has 0 aliphatic heterocycles. The summed E-state index contributed by atoms with van der Waals surface area (Å²) in [6.07, 6.45) is 16.8. The number of carboxylic acid groups (broad SMARTS) is 1. The van der Waals surface area contributed by atoms with Crippen molar-refractivity contribution in [2.75, 3.05) is 33.0 Å². The molecule has 0 aliphatic rings. The molecule has 0 spiro atoms. The lowest BCUT2D eigenvalue weighted by atomic mass is 10.0. The first-order valence-corrected chi connectivity index (χ1v) is 18.5. The molecule has 0 fully saturated rings. The zero-order valence-electron chi connectivity index (χ0n) is 31.5. The summed E-state index contributed by atoms with van der Waals surface area (Å²) in [5.74, 6) is -2.21. The second-order valence-electron chi connectivity index (χ2n) is 14.6. The number of carbonyl (C=O) groups excluding carboxylic acids is 4. The van der Waals surface area contributed by atoms with E-state index in [0.717, 1.165) is 38.5 Å². The highest BCUT2D eigenvalue weighted by atomic mass is 16.6. The van der Waals surface area contributed by atoms with Crippen LogP contribution in [-0.4, -0.2) is 85.0 Å². The Bertz CT molecular complexity index is 927. The van der Waals surface area contributed by atoms with E-state index in [9.17, 15) is 24.0 Å². The number of rotatable bonds is 30. The maximum absolute atomic E-state index is 12.8. The van der Waals surface area contributed by atoms with Gasteiger partial charge in [-0.1, -0.05) is 77.0 Å². The molecular formula is C37H68N2O10. The van der Waals surface area contributed by atoms with E-state index in [1.54, 1.807) is 20.8 Å². The summed E-state index contributed by atoms with van der Waals surface area (Å²) in [5, 5.41) is 14.0. The van der Waals surface area contributed by atoms with E-state index in [0.29, 0.717) is 12.8 Å². The smallest absolute Gasteiger partial charge is 0.329 e. The molecule has 0 aromatic carbocycles. The second kappa shape index (κ2) is 28.0. The average Bonchev–Trinajstić information content (AvgIpc) is 2.98. The van der Waals surface area contributed by atoms with Gasteiger partial charge >= 0.3 is 17.9 Å². The summed E-state index contributed by atoms with van der Waals surface area (Å²) in [4.78, 5) is 59.8. The van der Waals surface area contributed by atoms with Crippen LogP contribution < -0.4 is 10.6 Å². The van der Waals surface area contributed by atoms with Gasteiger partial charge in [0.2, 0.25) is 11.8 Å². The molecule has 3 N–H and O–H groups in total. The number of carbonyl (C=O) groups is 5. The van der Waals surface area contributed by atoms with Crippen LogP contribution in [0.3, 0.4) is 0 Å². The van der Waals surface area contributed by atoms with Crippen LogP contribution in [0.5, 0.6) is 0 Å². The van der Waals surface area contributed by atoms with Crippen molar-refractivity contribution in [3.8, 4) is 0 Å². The van der Waals surface area contributed by atoms with Crippen molar-refractivity contribution in [2.24, 2.45) is 0 Å². The summed E-state index contributed by atoms with van der Waals surface area (Å²) in [6, 6.07) is -0.913. The van der Waals surface area contributed by atoms with Gasteiger partial charge in [0.15, 0.2) is 0 Å². The van der Waals surface area contributed by atoms with Crippen molar-refractivity contribution in [3.63, 3.8) is 0 Å².